The highest BCUT2D eigenvalue weighted by Crippen LogP contribution is 2.33. The van der Waals surface area contributed by atoms with Crippen LogP contribution in [-0.2, 0) is 6.18 Å². The van der Waals surface area contributed by atoms with E-state index in [9.17, 15) is 13.2 Å². The lowest BCUT2D eigenvalue weighted by Gasteiger charge is -2.05. The van der Waals surface area contributed by atoms with Gasteiger partial charge in [-0.05, 0) is 22.0 Å². The molecule has 0 fully saturated rings. The van der Waals surface area contributed by atoms with E-state index in [4.69, 9.17) is 11.6 Å². The summed E-state index contributed by atoms with van der Waals surface area (Å²) in [6.45, 7) is 0. The molecule has 80 valence electrons. The Hall–Kier alpha value is -0.820. The van der Waals surface area contributed by atoms with Crippen molar-refractivity contribution in [3.8, 4) is 0 Å². The summed E-state index contributed by atoms with van der Waals surface area (Å²) in [6.07, 6.45) is -4.52. The molecule has 3 nitrogen and oxygen atoms in total. The summed E-state index contributed by atoms with van der Waals surface area (Å²) in [5.41, 5.74) is -0.770. The van der Waals surface area contributed by atoms with Crippen molar-refractivity contribution in [1.29, 1.82) is 0 Å². The third kappa shape index (κ3) is 1.81. The topological polar surface area (TPSA) is 41.6 Å². The van der Waals surface area contributed by atoms with E-state index < -0.39 is 11.9 Å². The number of aromatic amines is 1. The van der Waals surface area contributed by atoms with Gasteiger partial charge in [0.25, 0.3) is 0 Å². The Morgan fingerprint density at radius 2 is 2.00 bits per heavy atom. The van der Waals surface area contributed by atoms with E-state index in [1.165, 1.54) is 0 Å². The second-order valence-corrected chi connectivity index (χ2v) is 3.92. The maximum atomic E-state index is 12.4. The van der Waals surface area contributed by atoms with Crippen LogP contribution in [-0.4, -0.2) is 15.2 Å². The molecular formula is C7H2BrClF3N3. The zero-order chi connectivity index (χ0) is 11.2. The third-order valence-electron chi connectivity index (χ3n) is 1.71. The van der Waals surface area contributed by atoms with Gasteiger partial charge in [-0.1, -0.05) is 11.6 Å². The minimum atomic E-state index is -4.52. The molecule has 2 rings (SSSR count). The molecule has 2 aromatic rings. The Labute approximate surface area is 94.8 Å². The summed E-state index contributed by atoms with van der Waals surface area (Å²) in [5.74, 6) is 0. The van der Waals surface area contributed by atoms with E-state index in [1.807, 2.05) is 0 Å². The molecule has 0 aliphatic heterocycles. The molecule has 2 heterocycles. The Balaban J connectivity index is 2.76. The lowest BCUT2D eigenvalue weighted by Crippen LogP contribution is -2.07. The number of hydrogen-bond donors (Lipinski definition) is 1. The second kappa shape index (κ2) is 3.34. The molecule has 0 saturated heterocycles. The fraction of sp³-hybridized carbons (Fsp3) is 0.143. The molecular weight excluding hydrogens is 298 g/mol. The van der Waals surface area contributed by atoms with Gasteiger partial charge in [0, 0.05) is 0 Å². The van der Waals surface area contributed by atoms with E-state index in [0.29, 0.717) is 0 Å². The molecule has 0 aromatic carbocycles. The van der Waals surface area contributed by atoms with Crippen molar-refractivity contribution in [1.82, 2.24) is 15.2 Å². The van der Waals surface area contributed by atoms with Gasteiger partial charge in [0.05, 0.1) is 5.02 Å². The highest BCUT2D eigenvalue weighted by atomic mass is 79.9. The van der Waals surface area contributed by atoms with Gasteiger partial charge in [-0.25, -0.2) is 4.98 Å². The monoisotopic (exact) mass is 299 g/mol. The molecule has 0 aliphatic rings. The molecule has 2 aromatic heterocycles. The van der Waals surface area contributed by atoms with Crippen LogP contribution in [0.3, 0.4) is 0 Å². The van der Waals surface area contributed by atoms with E-state index in [2.05, 4.69) is 31.1 Å². The first kappa shape index (κ1) is 10.7. The molecule has 0 aliphatic carbocycles. The predicted octanol–water partition coefficient (Wildman–Crippen LogP) is 3.39. The van der Waals surface area contributed by atoms with Crippen LogP contribution >= 0.6 is 27.5 Å². The number of fused-ring (bicyclic) bond motifs is 1. The van der Waals surface area contributed by atoms with Gasteiger partial charge in [0.1, 0.15) is 21.3 Å². The van der Waals surface area contributed by atoms with Crippen molar-refractivity contribution < 1.29 is 13.2 Å². The summed E-state index contributed by atoms with van der Waals surface area (Å²) < 4.78 is 37.4. The standard InChI is InChI=1S/C7H2BrClF3N3/c8-6-5-4(14-15-6)2(9)1-3(13-5)7(10,11)12/h1H,(H,14,15). The van der Waals surface area contributed by atoms with Crippen molar-refractivity contribution in [2.24, 2.45) is 0 Å². The summed E-state index contributed by atoms with van der Waals surface area (Å²) in [5, 5.41) is 6.07. The molecule has 0 atom stereocenters. The molecule has 0 unspecified atom stereocenters. The SMILES string of the molecule is FC(F)(F)c1cc(Cl)c2n[nH]c(Br)c2n1. The number of H-pyrrole nitrogens is 1. The minimum absolute atomic E-state index is 0.0647. The van der Waals surface area contributed by atoms with Crippen LogP contribution in [0.2, 0.25) is 5.02 Å². The minimum Gasteiger partial charge on any atom is -0.269 e. The third-order valence-corrected chi connectivity index (χ3v) is 2.55. The lowest BCUT2D eigenvalue weighted by atomic mass is 10.3. The summed E-state index contributed by atoms with van der Waals surface area (Å²) in [6, 6.07) is 0.747. The zero-order valence-corrected chi connectivity index (χ0v) is 9.20. The molecule has 8 heteroatoms. The molecule has 0 amide bonds. The number of nitrogens with zero attached hydrogens (tertiary/aromatic N) is 2. The fourth-order valence-corrected chi connectivity index (χ4v) is 1.67. The van der Waals surface area contributed by atoms with Crippen LogP contribution in [0.15, 0.2) is 10.7 Å². The summed E-state index contributed by atoms with van der Waals surface area (Å²) in [4.78, 5) is 3.42. The molecule has 1 N–H and O–H groups in total. The Morgan fingerprint density at radius 3 is 2.60 bits per heavy atom. The van der Waals surface area contributed by atoms with Gasteiger partial charge in [-0.2, -0.15) is 18.3 Å². The number of alkyl halides is 3. The first-order valence-electron chi connectivity index (χ1n) is 3.67. The van der Waals surface area contributed by atoms with E-state index in [1.54, 1.807) is 0 Å². The van der Waals surface area contributed by atoms with Crippen LogP contribution in [0, 0.1) is 0 Å². The highest BCUT2D eigenvalue weighted by Gasteiger charge is 2.33. The van der Waals surface area contributed by atoms with Crippen molar-refractivity contribution in [2.75, 3.05) is 0 Å². The smallest absolute Gasteiger partial charge is 0.269 e. The number of rotatable bonds is 0. The molecule has 0 saturated carbocycles. The van der Waals surface area contributed by atoms with Gasteiger partial charge >= 0.3 is 6.18 Å². The fourth-order valence-electron chi connectivity index (χ4n) is 1.07. The van der Waals surface area contributed by atoms with Crippen molar-refractivity contribution in [2.45, 2.75) is 6.18 Å². The number of hydrogen-bond acceptors (Lipinski definition) is 2. The highest BCUT2D eigenvalue weighted by molar-refractivity contribution is 9.10. The van der Waals surface area contributed by atoms with Gasteiger partial charge in [0.2, 0.25) is 0 Å². The maximum absolute atomic E-state index is 12.4. The van der Waals surface area contributed by atoms with Crippen molar-refractivity contribution in [3.63, 3.8) is 0 Å². The zero-order valence-electron chi connectivity index (χ0n) is 6.86. The normalized spacial score (nSPS) is 12.3. The van der Waals surface area contributed by atoms with Crippen LogP contribution in [0.4, 0.5) is 13.2 Å². The first-order valence-corrected chi connectivity index (χ1v) is 4.84. The van der Waals surface area contributed by atoms with Crippen molar-refractivity contribution >= 4 is 38.6 Å². The largest absolute Gasteiger partial charge is 0.433 e. The molecule has 0 bridgehead atoms. The Kier molecular flexibility index (Phi) is 2.38. The Morgan fingerprint density at radius 1 is 1.33 bits per heavy atom. The average molecular weight is 300 g/mol. The lowest BCUT2D eigenvalue weighted by molar-refractivity contribution is -0.140. The average Bonchev–Trinajstić information content (AvgIpc) is 2.47. The van der Waals surface area contributed by atoms with Gasteiger partial charge in [-0.3, -0.25) is 5.10 Å². The summed E-state index contributed by atoms with van der Waals surface area (Å²) in [7, 11) is 0. The van der Waals surface area contributed by atoms with Gasteiger partial charge < -0.3 is 0 Å². The first-order chi connectivity index (χ1) is 6.89. The number of nitrogens with one attached hydrogen (secondary N) is 1. The number of aromatic nitrogens is 3. The quantitative estimate of drug-likeness (QED) is 0.810. The van der Waals surface area contributed by atoms with Crippen LogP contribution in [0.25, 0.3) is 11.0 Å². The summed E-state index contributed by atoms with van der Waals surface area (Å²) >= 11 is 8.63. The molecule has 0 radical (unpaired) electrons. The molecule has 15 heavy (non-hydrogen) atoms. The maximum Gasteiger partial charge on any atom is 0.433 e. The predicted molar refractivity (Wildman–Crippen MR) is 51.6 cm³/mol. The molecule has 0 spiro atoms. The van der Waals surface area contributed by atoms with Crippen LogP contribution < -0.4 is 0 Å². The second-order valence-electron chi connectivity index (χ2n) is 2.72. The number of pyridine rings is 1. The van der Waals surface area contributed by atoms with E-state index in [0.717, 1.165) is 6.07 Å². The van der Waals surface area contributed by atoms with Crippen molar-refractivity contribution in [3.05, 3.63) is 21.4 Å². The number of halogens is 5. The van der Waals surface area contributed by atoms with E-state index >= 15 is 0 Å². The van der Waals surface area contributed by atoms with Gasteiger partial charge in [-0.15, -0.1) is 0 Å². The van der Waals surface area contributed by atoms with Gasteiger partial charge in [0.15, 0.2) is 0 Å². The van der Waals surface area contributed by atoms with Crippen LogP contribution in [0.5, 0.6) is 0 Å². The van der Waals surface area contributed by atoms with Crippen LogP contribution in [0.1, 0.15) is 5.69 Å². The van der Waals surface area contributed by atoms with E-state index in [-0.39, 0.29) is 20.7 Å². The Bertz CT molecular complexity index is 522.